The number of unbranched alkanes of at least 4 members (excludes halogenated alkanes) is 1. The van der Waals surface area contributed by atoms with E-state index in [0.717, 1.165) is 18.4 Å². The molecule has 2 rings (SSSR count). The Kier molecular flexibility index (Phi) is 5.32. The molecule has 0 aliphatic heterocycles. The van der Waals surface area contributed by atoms with Crippen molar-refractivity contribution in [3.05, 3.63) is 71.8 Å². The molecule has 0 radical (unpaired) electrons. The number of hydrogen-bond acceptors (Lipinski definition) is 3. The van der Waals surface area contributed by atoms with Gasteiger partial charge < -0.3 is 4.74 Å². The number of ether oxygens (including phenoxy) is 1. The lowest BCUT2D eigenvalue weighted by Gasteiger charge is -2.27. The highest BCUT2D eigenvalue weighted by Crippen LogP contribution is 2.32. The van der Waals surface area contributed by atoms with Gasteiger partial charge in [-0.2, -0.15) is 5.26 Å². The monoisotopic (exact) mass is 293 g/mol. The average Bonchev–Trinajstić information content (AvgIpc) is 2.60. The molecule has 0 aliphatic rings. The number of hydrogen-bond donors (Lipinski definition) is 0. The minimum absolute atomic E-state index is 0.453. The summed E-state index contributed by atoms with van der Waals surface area (Å²) in [4.78, 5) is 12.4. The SMILES string of the molecule is CCCCC(C#N)(OC(=O)c1ccccc1)c1ccccc1. The number of esters is 1. The zero-order valence-electron chi connectivity index (χ0n) is 12.7. The van der Waals surface area contributed by atoms with Crippen molar-refractivity contribution >= 4 is 5.97 Å². The van der Waals surface area contributed by atoms with Crippen LogP contribution in [0, 0.1) is 11.3 Å². The summed E-state index contributed by atoms with van der Waals surface area (Å²) >= 11 is 0. The maximum absolute atomic E-state index is 12.4. The van der Waals surface area contributed by atoms with Gasteiger partial charge in [0.1, 0.15) is 6.07 Å². The van der Waals surface area contributed by atoms with Gasteiger partial charge in [0.05, 0.1) is 5.56 Å². The van der Waals surface area contributed by atoms with Gasteiger partial charge in [-0.1, -0.05) is 61.9 Å². The molecule has 0 fully saturated rings. The van der Waals surface area contributed by atoms with Gasteiger partial charge in [0, 0.05) is 12.0 Å². The highest BCUT2D eigenvalue weighted by molar-refractivity contribution is 5.89. The minimum Gasteiger partial charge on any atom is -0.436 e. The molecule has 3 heteroatoms. The van der Waals surface area contributed by atoms with E-state index in [2.05, 4.69) is 6.07 Å². The first-order valence-electron chi connectivity index (χ1n) is 7.47. The van der Waals surface area contributed by atoms with E-state index in [1.165, 1.54) is 0 Å². The van der Waals surface area contributed by atoms with Crippen LogP contribution in [0.2, 0.25) is 0 Å². The fourth-order valence-electron chi connectivity index (χ4n) is 2.32. The Labute approximate surface area is 131 Å². The Morgan fingerprint density at radius 3 is 2.23 bits per heavy atom. The van der Waals surface area contributed by atoms with Crippen LogP contribution in [0.1, 0.15) is 42.1 Å². The fourth-order valence-corrected chi connectivity index (χ4v) is 2.32. The molecule has 1 unspecified atom stereocenters. The highest BCUT2D eigenvalue weighted by Gasteiger charge is 2.36. The zero-order chi connectivity index (χ0) is 15.8. The standard InChI is InChI=1S/C19H19NO2/c1-2-3-14-19(15-20,17-12-8-5-9-13-17)22-18(21)16-10-6-4-7-11-16/h4-13H,2-3,14H2,1H3. The van der Waals surface area contributed by atoms with Gasteiger partial charge in [-0.15, -0.1) is 0 Å². The highest BCUT2D eigenvalue weighted by atomic mass is 16.6. The van der Waals surface area contributed by atoms with Crippen LogP contribution in [-0.2, 0) is 10.3 Å². The summed E-state index contributed by atoms with van der Waals surface area (Å²) in [5.74, 6) is -0.470. The van der Waals surface area contributed by atoms with Crippen LogP contribution in [0.3, 0.4) is 0 Å². The molecule has 0 bridgehead atoms. The van der Waals surface area contributed by atoms with Crippen LogP contribution in [0.25, 0.3) is 0 Å². The molecular weight excluding hydrogens is 274 g/mol. The molecular formula is C19H19NO2. The number of nitriles is 1. The number of carbonyl (C=O) groups is 1. The lowest BCUT2D eigenvalue weighted by atomic mass is 9.89. The second-order valence-electron chi connectivity index (χ2n) is 5.16. The lowest BCUT2D eigenvalue weighted by molar-refractivity contribution is 0.000729. The average molecular weight is 293 g/mol. The van der Waals surface area contributed by atoms with Gasteiger partial charge >= 0.3 is 5.97 Å². The first-order chi connectivity index (χ1) is 10.7. The third kappa shape index (κ3) is 3.53. The van der Waals surface area contributed by atoms with Crippen molar-refractivity contribution in [3.63, 3.8) is 0 Å². The second kappa shape index (κ2) is 7.42. The molecule has 0 aliphatic carbocycles. The third-order valence-electron chi connectivity index (χ3n) is 3.58. The van der Waals surface area contributed by atoms with Crippen LogP contribution >= 0.6 is 0 Å². The van der Waals surface area contributed by atoms with E-state index in [-0.39, 0.29) is 0 Å². The van der Waals surface area contributed by atoms with Crippen LogP contribution in [0.15, 0.2) is 60.7 Å². The van der Waals surface area contributed by atoms with Crippen molar-refractivity contribution in [2.24, 2.45) is 0 Å². The van der Waals surface area contributed by atoms with Crippen molar-refractivity contribution in [2.75, 3.05) is 0 Å². The Hall–Kier alpha value is -2.60. The summed E-state index contributed by atoms with van der Waals surface area (Å²) in [6.45, 7) is 2.05. The van der Waals surface area contributed by atoms with Crippen LogP contribution in [0.4, 0.5) is 0 Å². The van der Waals surface area contributed by atoms with Crippen LogP contribution in [-0.4, -0.2) is 5.97 Å². The summed E-state index contributed by atoms with van der Waals surface area (Å²) in [6.07, 6.45) is 2.23. The van der Waals surface area contributed by atoms with Crippen LogP contribution < -0.4 is 0 Å². The first kappa shape index (κ1) is 15.8. The second-order valence-corrected chi connectivity index (χ2v) is 5.16. The molecule has 0 saturated heterocycles. The molecule has 0 aromatic heterocycles. The van der Waals surface area contributed by atoms with E-state index < -0.39 is 11.6 Å². The molecule has 0 N–H and O–H groups in total. The predicted octanol–water partition coefficient (Wildman–Crippen LogP) is 4.45. The topological polar surface area (TPSA) is 50.1 Å². The molecule has 2 aromatic rings. The Bertz CT molecular complexity index is 646. The molecule has 2 aromatic carbocycles. The normalized spacial score (nSPS) is 12.9. The first-order valence-corrected chi connectivity index (χ1v) is 7.47. The molecule has 0 amide bonds. The Morgan fingerprint density at radius 1 is 1.09 bits per heavy atom. The maximum Gasteiger partial charge on any atom is 0.339 e. The summed E-state index contributed by atoms with van der Waals surface area (Å²) in [5.41, 5.74) is -0.0609. The lowest BCUT2D eigenvalue weighted by Crippen LogP contribution is -2.31. The molecule has 0 heterocycles. The molecule has 3 nitrogen and oxygen atoms in total. The van der Waals surface area contributed by atoms with Gasteiger partial charge in [-0.3, -0.25) is 0 Å². The number of rotatable bonds is 6. The number of carbonyl (C=O) groups excluding carboxylic acids is 1. The van der Waals surface area contributed by atoms with E-state index in [0.29, 0.717) is 12.0 Å². The van der Waals surface area contributed by atoms with Gasteiger partial charge in [0.15, 0.2) is 0 Å². The Balaban J connectivity index is 2.33. The summed E-state index contributed by atoms with van der Waals surface area (Å²) in [5, 5.41) is 9.73. The van der Waals surface area contributed by atoms with E-state index >= 15 is 0 Å². The van der Waals surface area contributed by atoms with E-state index in [4.69, 9.17) is 4.74 Å². The predicted molar refractivity (Wildman–Crippen MR) is 85.1 cm³/mol. The Morgan fingerprint density at radius 2 is 1.68 bits per heavy atom. The van der Waals surface area contributed by atoms with Crippen molar-refractivity contribution in [1.82, 2.24) is 0 Å². The van der Waals surface area contributed by atoms with Gasteiger partial charge in [0.25, 0.3) is 0 Å². The van der Waals surface area contributed by atoms with Crippen molar-refractivity contribution < 1.29 is 9.53 Å². The van der Waals surface area contributed by atoms with Gasteiger partial charge in [-0.25, -0.2) is 4.79 Å². The third-order valence-corrected chi connectivity index (χ3v) is 3.58. The smallest absolute Gasteiger partial charge is 0.339 e. The van der Waals surface area contributed by atoms with Crippen molar-refractivity contribution in [2.45, 2.75) is 31.8 Å². The van der Waals surface area contributed by atoms with Crippen molar-refractivity contribution in [3.8, 4) is 6.07 Å². The maximum atomic E-state index is 12.4. The zero-order valence-corrected chi connectivity index (χ0v) is 12.7. The quantitative estimate of drug-likeness (QED) is 0.739. The minimum atomic E-state index is -1.23. The number of nitrogens with zero attached hydrogens (tertiary/aromatic N) is 1. The van der Waals surface area contributed by atoms with Gasteiger partial charge in [-0.05, 0) is 18.6 Å². The summed E-state index contributed by atoms with van der Waals surface area (Å²) < 4.78 is 5.66. The van der Waals surface area contributed by atoms with E-state index in [1.54, 1.807) is 24.3 Å². The van der Waals surface area contributed by atoms with E-state index in [9.17, 15) is 10.1 Å². The molecule has 22 heavy (non-hydrogen) atoms. The summed E-state index contributed by atoms with van der Waals surface area (Å²) in [6, 6.07) is 20.2. The fraction of sp³-hybridized carbons (Fsp3) is 0.263. The van der Waals surface area contributed by atoms with E-state index in [1.807, 2.05) is 43.3 Å². The largest absolute Gasteiger partial charge is 0.436 e. The molecule has 0 spiro atoms. The molecule has 112 valence electrons. The summed E-state index contributed by atoms with van der Waals surface area (Å²) in [7, 11) is 0. The number of benzene rings is 2. The van der Waals surface area contributed by atoms with Gasteiger partial charge in [0.2, 0.25) is 5.60 Å². The van der Waals surface area contributed by atoms with Crippen LogP contribution in [0.5, 0.6) is 0 Å². The molecule has 1 atom stereocenters. The van der Waals surface area contributed by atoms with Crippen molar-refractivity contribution in [1.29, 1.82) is 5.26 Å². The molecule has 0 saturated carbocycles.